The molecule has 0 aliphatic carbocycles. The molecule has 14 heteroatoms. The number of nitrogens with zero attached hydrogens (tertiary/aromatic N) is 3. The number of carboxylic acid groups (broad SMARTS) is 2. The molecule has 0 bridgehead atoms. The summed E-state index contributed by atoms with van der Waals surface area (Å²) in [5.74, 6) is -3.92. The quantitative estimate of drug-likeness (QED) is 0.363. The maximum Gasteiger partial charge on any atom is 0.414 e. The van der Waals surface area contributed by atoms with E-state index in [2.05, 4.69) is 20.9 Å². The van der Waals surface area contributed by atoms with Gasteiger partial charge in [0.25, 0.3) is 0 Å². The molecule has 1 aromatic carbocycles. The van der Waals surface area contributed by atoms with Crippen LogP contribution in [0.4, 0.5) is 5.82 Å². The predicted octanol–water partition coefficient (Wildman–Crippen LogP) is 1.65. The van der Waals surface area contributed by atoms with Gasteiger partial charge in [-0.3, -0.25) is 0 Å². The number of hydrogen-bond acceptors (Lipinski definition) is 8. The summed E-state index contributed by atoms with van der Waals surface area (Å²) in [6, 6.07) is 4.16. The van der Waals surface area contributed by atoms with Gasteiger partial charge in [-0.25, -0.2) is 14.6 Å². The van der Waals surface area contributed by atoms with E-state index in [0.29, 0.717) is 20.8 Å². The third kappa shape index (κ3) is 5.26. The van der Waals surface area contributed by atoms with Crippen molar-refractivity contribution < 1.29 is 37.9 Å². The molecule has 12 nitrogen and oxygen atoms in total. The van der Waals surface area contributed by atoms with Crippen molar-refractivity contribution >= 4 is 43.7 Å². The van der Waals surface area contributed by atoms with Crippen molar-refractivity contribution in [2.75, 3.05) is 6.61 Å². The smallest absolute Gasteiger partial charge is 0.414 e. The van der Waals surface area contributed by atoms with E-state index >= 15 is 0 Å². The van der Waals surface area contributed by atoms with E-state index < -0.39 is 32.7 Å². The maximum atomic E-state index is 12.7. The molecule has 0 atom stereocenters. The lowest BCUT2D eigenvalue weighted by atomic mass is 10.3. The normalized spacial score (nSPS) is 10.5. The van der Waals surface area contributed by atoms with Crippen molar-refractivity contribution in [3.05, 3.63) is 44.8 Å². The molecule has 0 saturated carbocycles. The van der Waals surface area contributed by atoms with Gasteiger partial charge in [0.15, 0.2) is 0 Å². The maximum absolute atomic E-state index is 12.7. The zero-order valence-corrected chi connectivity index (χ0v) is 16.8. The van der Waals surface area contributed by atoms with Crippen molar-refractivity contribution in [1.82, 2.24) is 8.96 Å². The second kappa shape index (κ2) is 9.27. The molecular formula is C14H14BrN3O9S. The summed E-state index contributed by atoms with van der Waals surface area (Å²) in [7, 11) is -4.15. The molecule has 0 aliphatic heterocycles. The molecule has 0 amide bonds. The molecule has 152 valence electrons. The molecule has 28 heavy (non-hydrogen) atoms. The van der Waals surface area contributed by atoms with Gasteiger partial charge in [0.05, 0.1) is 11.1 Å². The van der Waals surface area contributed by atoms with Gasteiger partial charge >= 0.3 is 27.8 Å². The number of aryl methyl sites for hydroxylation is 1. The molecule has 2 N–H and O–H groups in total. The van der Waals surface area contributed by atoms with Crippen LogP contribution >= 0.6 is 15.9 Å². The summed E-state index contributed by atoms with van der Waals surface area (Å²) in [6.45, 7) is 3.50. The fourth-order valence-electron chi connectivity index (χ4n) is 1.86. The Morgan fingerprint density at radius 3 is 2.36 bits per heavy atom. The Morgan fingerprint density at radius 2 is 1.89 bits per heavy atom. The Hall–Kier alpha value is -3.00. The van der Waals surface area contributed by atoms with E-state index in [4.69, 9.17) is 24.5 Å². The highest BCUT2D eigenvalue weighted by molar-refractivity contribution is 9.10. The van der Waals surface area contributed by atoms with Crippen molar-refractivity contribution in [2.45, 2.75) is 18.7 Å². The van der Waals surface area contributed by atoms with Crippen LogP contribution in [0, 0.1) is 17.0 Å². The van der Waals surface area contributed by atoms with Crippen LogP contribution in [0.25, 0.3) is 0 Å². The lowest BCUT2D eigenvalue weighted by molar-refractivity contribution is -0.390. The molecule has 0 unspecified atom stereocenters. The number of carboxylic acids is 2. The molecule has 1 heterocycles. The largest absolute Gasteiger partial charge is 0.493 e. The van der Waals surface area contributed by atoms with E-state index in [1.165, 1.54) is 25.1 Å². The van der Waals surface area contributed by atoms with Crippen LogP contribution in [0.3, 0.4) is 0 Å². The van der Waals surface area contributed by atoms with Crippen molar-refractivity contribution in [1.29, 1.82) is 0 Å². The first-order chi connectivity index (χ1) is 12.9. The van der Waals surface area contributed by atoms with Crippen LogP contribution in [-0.2, 0) is 19.6 Å². The number of ether oxygens (including phenoxy) is 1. The number of nitro groups is 1. The molecule has 2 aromatic rings. The fourth-order valence-corrected chi connectivity index (χ4v) is 3.68. The van der Waals surface area contributed by atoms with Crippen LogP contribution < -0.4 is 4.74 Å². The van der Waals surface area contributed by atoms with Gasteiger partial charge in [0.2, 0.25) is 5.82 Å². The average molecular weight is 480 g/mol. The Morgan fingerprint density at radius 1 is 1.32 bits per heavy atom. The average Bonchev–Trinajstić information content (AvgIpc) is 3.00. The van der Waals surface area contributed by atoms with Crippen LogP contribution in [0.15, 0.2) is 33.8 Å². The second-order valence-electron chi connectivity index (χ2n) is 4.83. The molecule has 0 radical (unpaired) electrons. The Kier molecular flexibility index (Phi) is 7.63. The number of aromatic nitrogens is 2. The van der Waals surface area contributed by atoms with Crippen molar-refractivity contribution in [3.8, 4) is 5.75 Å². The monoisotopic (exact) mass is 479 g/mol. The van der Waals surface area contributed by atoms with Crippen LogP contribution in [0.5, 0.6) is 5.75 Å². The van der Waals surface area contributed by atoms with Gasteiger partial charge in [0, 0.05) is 13.0 Å². The first-order valence-corrected chi connectivity index (χ1v) is 9.49. The van der Waals surface area contributed by atoms with E-state index in [0.717, 1.165) is 6.20 Å². The fraction of sp³-hybridized carbons (Fsp3) is 0.214. The van der Waals surface area contributed by atoms with Crippen molar-refractivity contribution in [3.63, 3.8) is 0 Å². The van der Waals surface area contributed by atoms with Gasteiger partial charge in [-0.1, -0.05) is 3.97 Å². The number of halogens is 1. The van der Waals surface area contributed by atoms with E-state index in [1.54, 1.807) is 6.92 Å². The highest BCUT2D eigenvalue weighted by atomic mass is 79.9. The zero-order valence-electron chi connectivity index (χ0n) is 14.4. The molecular weight excluding hydrogens is 466 g/mol. The summed E-state index contributed by atoms with van der Waals surface area (Å²) in [4.78, 5) is 32.0. The number of rotatable bonds is 5. The van der Waals surface area contributed by atoms with Gasteiger partial charge < -0.3 is 25.1 Å². The topological polar surface area (TPSA) is 179 Å². The Bertz CT molecular complexity index is 1010. The Balaban J connectivity index is 0.000000568. The summed E-state index contributed by atoms with van der Waals surface area (Å²) in [6.07, 6.45) is 0.912. The number of imidazole rings is 1. The van der Waals surface area contributed by atoms with Gasteiger partial charge in [-0.05, 0) is 39.9 Å². The van der Waals surface area contributed by atoms with Crippen molar-refractivity contribution in [2.24, 2.45) is 0 Å². The van der Waals surface area contributed by atoms with Crippen LogP contribution in [-0.4, -0.2) is 51.1 Å². The first kappa shape index (κ1) is 23.0. The first-order valence-electron chi connectivity index (χ1n) is 7.26. The number of aliphatic carboxylic acids is 2. The van der Waals surface area contributed by atoms with E-state index in [1.807, 2.05) is 0 Å². The molecule has 0 aliphatic rings. The second-order valence-corrected chi connectivity index (χ2v) is 7.47. The number of hydrogen-bond donors (Lipinski definition) is 2. The third-order valence-electron chi connectivity index (χ3n) is 2.98. The van der Waals surface area contributed by atoms with E-state index in [-0.39, 0.29) is 10.7 Å². The number of benzene rings is 1. The third-order valence-corrected chi connectivity index (χ3v) is 5.42. The highest BCUT2D eigenvalue weighted by Gasteiger charge is 2.32. The van der Waals surface area contributed by atoms with Gasteiger partial charge in [0.1, 0.15) is 16.8 Å². The minimum absolute atomic E-state index is 0.00702. The van der Waals surface area contributed by atoms with Gasteiger partial charge in [-0.2, -0.15) is 8.42 Å². The summed E-state index contributed by atoms with van der Waals surface area (Å²) >= 11 is 3.25. The minimum atomic E-state index is -4.15. The summed E-state index contributed by atoms with van der Waals surface area (Å²) in [5, 5.41) is 25.8. The van der Waals surface area contributed by atoms with E-state index in [9.17, 15) is 18.5 Å². The molecule has 0 fully saturated rings. The molecule has 2 rings (SSSR count). The highest BCUT2D eigenvalue weighted by Crippen LogP contribution is 2.30. The lowest BCUT2D eigenvalue weighted by Crippen LogP contribution is -2.17. The standard InChI is InChI=1S/C12H12BrN3O5S.C2H2O4/c1-3-21-11-6-9(4-5-10(11)13)22(19,20)15-8(2)14-7-12(15)16(17)18;3-1(4)2(5)6/h4-7H,3H2,1-2H3;(H,3,4)(H,5,6). The molecule has 0 spiro atoms. The van der Waals surface area contributed by atoms with Crippen LogP contribution in [0.1, 0.15) is 12.7 Å². The Labute approximate surface area is 166 Å². The summed E-state index contributed by atoms with van der Waals surface area (Å²) < 4.78 is 31.8. The van der Waals surface area contributed by atoms with Crippen LogP contribution in [0.2, 0.25) is 0 Å². The predicted molar refractivity (Wildman–Crippen MR) is 96.8 cm³/mol. The lowest BCUT2D eigenvalue weighted by Gasteiger charge is -2.09. The zero-order chi connectivity index (χ0) is 21.6. The molecule has 0 saturated heterocycles. The minimum Gasteiger partial charge on any atom is -0.493 e. The number of carbonyl (C=O) groups is 2. The SMILES string of the molecule is CCOc1cc(S(=O)(=O)n2c([N+](=O)[O-])cnc2C)ccc1Br.O=C(O)C(=O)O. The summed E-state index contributed by atoms with van der Waals surface area (Å²) in [5.41, 5.74) is 0. The van der Waals surface area contributed by atoms with Gasteiger partial charge in [-0.15, -0.1) is 0 Å². The molecule has 1 aromatic heterocycles.